The molecule has 108 valence electrons. The fourth-order valence-electron chi connectivity index (χ4n) is 2.34. The summed E-state index contributed by atoms with van der Waals surface area (Å²) in [6.45, 7) is 5.33. The third-order valence-corrected chi connectivity index (χ3v) is 3.47. The summed E-state index contributed by atoms with van der Waals surface area (Å²) in [5, 5.41) is 19.7. The third kappa shape index (κ3) is 2.87. The molecule has 2 heterocycles. The highest BCUT2D eigenvalue weighted by Crippen LogP contribution is 2.26. The number of carboxylic acids is 1. The number of hydrogen-bond donors (Lipinski definition) is 2. The Balaban J connectivity index is 2.08. The van der Waals surface area contributed by atoms with Crippen LogP contribution in [0.4, 0.5) is 5.82 Å². The highest BCUT2D eigenvalue weighted by molar-refractivity contribution is 5.92. The summed E-state index contributed by atoms with van der Waals surface area (Å²) in [6.07, 6.45) is 0. The Morgan fingerprint density at radius 2 is 2.15 bits per heavy atom. The van der Waals surface area contributed by atoms with E-state index in [1.807, 2.05) is 18.7 Å². The van der Waals surface area contributed by atoms with Gasteiger partial charge < -0.3 is 15.3 Å². The molecule has 0 bridgehead atoms. The van der Waals surface area contributed by atoms with Gasteiger partial charge in [0.05, 0.1) is 5.92 Å². The predicted molar refractivity (Wildman–Crippen MR) is 72.5 cm³/mol. The second-order valence-corrected chi connectivity index (χ2v) is 4.96. The van der Waals surface area contributed by atoms with Crippen LogP contribution in [-0.4, -0.2) is 46.8 Å². The monoisotopic (exact) mass is 278 g/mol. The van der Waals surface area contributed by atoms with Crippen molar-refractivity contribution in [3.05, 3.63) is 17.8 Å². The van der Waals surface area contributed by atoms with E-state index in [1.165, 1.54) is 0 Å². The van der Waals surface area contributed by atoms with Crippen molar-refractivity contribution in [2.45, 2.75) is 13.8 Å². The van der Waals surface area contributed by atoms with E-state index in [1.54, 1.807) is 12.1 Å². The molecule has 2 unspecified atom stereocenters. The Morgan fingerprint density at radius 3 is 2.65 bits per heavy atom. The van der Waals surface area contributed by atoms with Crippen molar-refractivity contribution in [2.24, 2.45) is 11.8 Å². The molecule has 2 atom stereocenters. The van der Waals surface area contributed by atoms with Crippen molar-refractivity contribution in [3.8, 4) is 0 Å². The molecular weight excluding hydrogens is 260 g/mol. The number of carboxylic acid groups (broad SMARTS) is 1. The maximum atomic E-state index is 11.6. The molecule has 2 rings (SSSR count). The molecule has 0 aromatic carbocycles. The van der Waals surface area contributed by atoms with E-state index in [4.69, 9.17) is 5.11 Å². The summed E-state index contributed by atoms with van der Waals surface area (Å²) < 4.78 is 0. The highest BCUT2D eigenvalue weighted by atomic mass is 16.4. The molecule has 1 saturated heterocycles. The normalized spacial score (nSPS) is 21.8. The summed E-state index contributed by atoms with van der Waals surface area (Å²) in [4.78, 5) is 24.5. The van der Waals surface area contributed by atoms with Gasteiger partial charge in [-0.1, -0.05) is 6.92 Å². The van der Waals surface area contributed by atoms with Crippen LogP contribution in [0.3, 0.4) is 0 Å². The molecule has 0 aliphatic carbocycles. The number of aliphatic carboxylic acids is 1. The first kappa shape index (κ1) is 14.2. The number of aromatic nitrogens is 2. The minimum absolute atomic E-state index is 0.0670. The molecule has 7 nitrogen and oxygen atoms in total. The summed E-state index contributed by atoms with van der Waals surface area (Å²) >= 11 is 0. The zero-order chi connectivity index (χ0) is 14.7. The molecule has 1 aromatic rings. The lowest BCUT2D eigenvalue weighted by atomic mass is 9.99. The molecule has 2 N–H and O–H groups in total. The largest absolute Gasteiger partial charge is 0.481 e. The first-order valence-electron chi connectivity index (χ1n) is 6.62. The van der Waals surface area contributed by atoms with Crippen LogP contribution in [0.5, 0.6) is 0 Å². The molecule has 0 saturated carbocycles. The number of nitrogens with zero attached hydrogens (tertiary/aromatic N) is 3. The smallest absolute Gasteiger partial charge is 0.308 e. The molecule has 0 radical (unpaired) electrons. The van der Waals surface area contributed by atoms with Crippen molar-refractivity contribution in [1.82, 2.24) is 15.5 Å². The van der Waals surface area contributed by atoms with E-state index in [-0.39, 0.29) is 23.4 Å². The number of rotatable bonds is 4. The van der Waals surface area contributed by atoms with Gasteiger partial charge in [-0.2, -0.15) is 0 Å². The summed E-state index contributed by atoms with van der Waals surface area (Å²) in [7, 11) is 0. The lowest BCUT2D eigenvalue weighted by Crippen LogP contribution is -2.26. The van der Waals surface area contributed by atoms with Crippen LogP contribution >= 0.6 is 0 Å². The van der Waals surface area contributed by atoms with Crippen LogP contribution < -0.4 is 10.2 Å². The number of carbonyl (C=O) groups excluding carboxylic acids is 1. The van der Waals surface area contributed by atoms with Crippen LogP contribution in [0.25, 0.3) is 0 Å². The number of carbonyl (C=O) groups is 2. The van der Waals surface area contributed by atoms with Crippen LogP contribution in [-0.2, 0) is 4.79 Å². The van der Waals surface area contributed by atoms with Crippen LogP contribution in [0.2, 0.25) is 0 Å². The van der Waals surface area contributed by atoms with Gasteiger partial charge in [0.25, 0.3) is 5.91 Å². The van der Waals surface area contributed by atoms with Gasteiger partial charge in [0, 0.05) is 19.6 Å². The van der Waals surface area contributed by atoms with Crippen LogP contribution in [0.15, 0.2) is 12.1 Å². The topological polar surface area (TPSA) is 95.4 Å². The van der Waals surface area contributed by atoms with E-state index < -0.39 is 5.97 Å². The average Bonchev–Trinajstić information content (AvgIpc) is 2.81. The maximum absolute atomic E-state index is 11.6. The summed E-state index contributed by atoms with van der Waals surface area (Å²) in [6, 6.07) is 3.31. The summed E-state index contributed by atoms with van der Waals surface area (Å²) in [5.41, 5.74) is 0.262. The second kappa shape index (κ2) is 5.85. The lowest BCUT2D eigenvalue weighted by Gasteiger charge is -2.16. The Kier molecular flexibility index (Phi) is 4.16. The molecule has 20 heavy (non-hydrogen) atoms. The molecule has 0 spiro atoms. The average molecular weight is 278 g/mol. The number of amides is 1. The first-order chi connectivity index (χ1) is 9.52. The molecule has 1 aliphatic heterocycles. The Morgan fingerprint density at radius 1 is 1.40 bits per heavy atom. The molecule has 1 amide bonds. The highest BCUT2D eigenvalue weighted by Gasteiger charge is 2.35. The predicted octanol–water partition coefficient (Wildman–Crippen LogP) is 0.383. The number of anilines is 1. The van der Waals surface area contributed by atoms with Gasteiger partial charge in [0.2, 0.25) is 0 Å². The molecular formula is C13H18N4O3. The van der Waals surface area contributed by atoms with E-state index in [0.29, 0.717) is 25.5 Å². The Hall–Kier alpha value is -2.18. The molecule has 7 heteroatoms. The van der Waals surface area contributed by atoms with Crippen molar-refractivity contribution >= 4 is 17.7 Å². The zero-order valence-corrected chi connectivity index (χ0v) is 11.5. The molecule has 1 aliphatic rings. The third-order valence-electron chi connectivity index (χ3n) is 3.47. The van der Waals surface area contributed by atoms with Crippen LogP contribution in [0, 0.1) is 11.8 Å². The minimum atomic E-state index is -0.785. The van der Waals surface area contributed by atoms with Crippen molar-refractivity contribution in [2.75, 3.05) is 24.5 Å². The minimum Gasteiger partial charge on any atom is -0.481 e. The zero-order valence-electron chi connectivity index (χ0n) is 11.5. The van der Waals surface area contributed by atoms with Gasteiger partial charge in [0.15, 0.2) is 11.5 Å². The standard InChI is InChI=1S/C13H18N4O3/c1-3-14-12(18)10-4-5-11(16-15-10)17-6-8(2)9(7-17)13(19)20/h4-5,8-9H,3,6-7H2,1-2H3,(H,14,18)(H,19,20). The fraction of sp³-hybridized carbons (Fsp3) is 0.538. The van der Waals surface area contributed by atoms with Gasteiger partial charge in [-0.05, 0) is 25.0 Å². The van der Waals surface area contributed by atoms with E-state index in [9.17, 15) is 9.59 Å². The van der Waals surface area contributed by atoms with Crippen molar-refractivity contribution in [1.29, 1.82) is 0 Å². The molecule has 1 fully saturated rings. The van der Waals surface area contributed by atoms with Gasteiger partial charge in [-0.15, -0.1) is 10.2 Å². The van der Waals surface area contributed by atoms with E-state index in [0.717, 1.165) is 0 Å². The van der Waals surface area contributed by atoms with Gasteiger partial charge in [-0.25, -0.2) is 0 Å². The SMILES string of the molecule is CCNC(=O)c1ccc(N2CC(C)C(C(=O)O)C2)nn1. The lowest BCUT2D eigenvalue weighted by molar-refractivity contribution is -0.142. The Bertz CT molecular complexity index is 503. The maximum Gasteiger partial charge on any atom is 0.308 e. The van der Waals surface area contributed by atoms with E-state index in [2.05, 4.69) is 15.5 Å². The fourth-order valence-corrected chi connectivity index (χ4v) is 2.34. The first-order valence-corrected chi connectivity index (χ1v) is 6.62. The van der Waals surface area contributed by atoms with Crippen LogP contribution in [0.1, 0.15) is 24.3 Å². The second-order valence-electron chi connectivity index (χ2n) is 4.96. The van der Waals surface area contributed by atoms with Gasteiger partial charge in [0.1, 0.15) is 0 Å². The number of hydrogen-bond acceptors (Lipinski definition) is 5. The molecule has 1 aromatic heterocycles. The Labute approximate surface area is 117 Å². The van der Waals surface area contributed by atoms with Crippen molar-refractivity contribution in [3.63, 3.8) is 0 Å². The summed E-state index contributed by atoms with van der Waals surface area (Å²) in [5.74, 6) is -0.762. The quantitative estimate of drug-likeness (QED) is 0.827. The van der Waals surface area contributed by atoms with Gasteiger partial charge >= 0.3 is 5.97 Å². The number of nitrogens with one attached hydrogen (secondary N) is 1. The van der Waals surface area contributed by atoms with Crippen molar-refractivity contribution < 1.29 is 14.7 Å². The van der Waals surface area contributed by atoms with Gasteiger partial charge in [-0.3, -0.25) is 9.59 Å². The van der Waals surface area contributed by atoms with E-state index >= 15 is 0 Å².